The molecule has 0 aliphatic heterocycles. The smallest absolute Gasteiger partial charge is 0.423 e. The number of anilines is 1. The minimum absolute atomic E-state index is 0.640. The molecule has 23 heavy (non-hydrogen) atoms. The van der Waals surface area contributed by atoms with Crippen molar-refractivity contribution in [2.45, 2.75) is 38.9 Å². The molecule has 122 valence electrons. The van der Waals surface area contributed by atoms with Crippen molar-refractivity contribution >= 4 is 18.3 Å². The van der Waals surface area contributed by atoms with Crippen LogP contribution in [-0.2, 0) is 4.65 Å². The van der Waals surface area contributed by atoms with Crippen LogP contribution in [0.1, 0.15) is 27.7 Å². The van der Waals surface area contributed by atoms with E-state index in [0.29, 0.717) is 5.46 Å². The van der Waals surface area contributed by atoms with E-state index >= 15 is 0 Å². The molecule has 4 nitrogen and oxygen atoms in total. The van der Waals surface area contributed by atoms with E-state index in [-0.39, 0.29) is 0 Å². The highest BCUT2D eigenvalue weighted by molar-refractivity contribution is 6.60. The third kappa shape index (κ3) is 4.13. The van der Waals surface area contributed by atoms with Gasteiger partial charge < -0.3 is 20.5 Å². The Bertz CT molecular complexity index is 645. The van der Waals surface area contributed by atoms with Crippen molar-refractivity contribution in [2.75, 3.05) is 5.73 Å². The van der Waals surface area contributed by atoms with Crippen LogP contribution in [0.3, 0.4) is 0 Å². The number of hydrogen-bond donors (Lipinski definition) is 3. The fourth-order valence-corrected chi connectivity index (χ4v) is 2.01. The van der Waals surface area contributed by atoms with Crippen LogP contribution in [0.2, 0.25) is 0 Å². The lowest BCUT2D eigenvalue weighted by molar-refractivity contribution is -0.0982. The van der Waals surface area contributed by atoms with Crippen molar-refractivity contribution in [2.24, 2.45) is 0 Å². The number of nitrogens with two attached hydrogens (primary N) is 1. The van der Waals surface area contributed by atoms with Crippen molar-refractivity contribution in [3.63, 3.8) is 0 Å². The Morgan fingerprint density at radius 3 is 1.74 bits per heavy atom. The second kappa shape index (κ2) is 6.36. The third-order valence-electron chi connectivity index (χ3n) is 4.32. The number of rotatable bonds is 5. The fraction of sp³-hybridized carbons (Fsp3) is 0.333. The van der Waals surface area contributed by atoms with Crippen molar-refractivity contribution in [1.29, 1.82) is 0 Å². The Kier molecular flexibility index (Phi) is 4.85. The predicted molar refractivity (Wildman–Crippen MR) is 95.4 cm³/mol. The van der Waals surface area contributed by atoms with Crippen molar-refractivity contribution in [1.82, 2.24) is 0 Å². The van der Waals surface area contributed by atoms with E-state index in [4.69, 9.17) is 10.4 Å². The molecule has 4 N–H and O–H groups in total. The molecule has 0 aliphatic carbocycles. The molecule has 0 amide bonds. The zero-order chi connectivity index (χ0) is 17.3. The van der Waals surface area contributed by atoms with E-state index in [1.807, 2.05) is 48.5 Å². The molecule has 2 aromatic carbocycles. The topological polar surface area (TPSA) is 75.7 Å². The molecule has 0 heterocycles. The lowest BCUT2D eigenvalue weighted by Gasteiger charge is -2.38. The van der Waals surface area contributed by atoms with Gasteiger partial charge in [0.2, 0.25) is 0 Å². The lowest BCUT2D eigenvalue weighted by Crippen LogP contribution is -2.53. The van der Waals surface area contributed by atoms with E-state index in [1.54, 1.807) is 27.7 Å². The average molecular weight is 313 g/mol. The van der Waals surface area contributed by atoms with Crippen LogP contribution in [0.5, 0.6) is 0 Å². The maximum atomic E-state index is 10.3. The number of nitrogen functional groups attached to an aromatic ring is 1. The summed E-state index contributed by atoms with van der Waals surface area (Å²) in [6.07, 6.45) is 0. The summed E-state index contributed by atoms with van der Waals surface area (Å²) in [7, 11) is -1.10. The molecule has 0 bridgehead atoms. The van der Waals surface area contributed by atoms with Crippen LogP contribution in [0.15, 0.2) is 48.5 Å². The Labute approximate surface area is 138 Å². The van der Waals surface area contributed by atoms with E-state index in [1.165, 1.54) is 0 Å². The summed E-state index contributed by atoms with van der Waals surface area (Å²) in [5, 5.41) is 20.4. The second-order valence-electron chi connectivity index (χ2n) is 6.78. The zero-order valence-electron chi connectivity index (χ0n) is 14.1. The monoisotopic (exact) mass is 313 g/mol. The zero-order valence-corrected chi connectivity index (χ0v) is 14.1. The molecule has 0 unspecified atom stereocenters. The first kappa shape index (κ1) is 17.5. The molecule has 0 aliphatic rings. The molecule has 2 aromatic rings. The molecule has 0 atom stereocenters. The van der Waals surface area contributed by atoms with E-state index in [9.17, 15) is 10.1 Å². The van der Waals surface area contributed by atoms with Gasteiger partial charge in [-0.05, 0) is 56.4 Å². The summed E-state index contributed by atoms with van der Waals surface area (Å²) >= 11 is 0. The van der Waals surface area contributed by atoms with Gasteiger partial charge in [0.1, 0.15) is 0 Å². The van der Waals surface area contributed by atoms with E-state index in [0.717, 1.165) is 16.8 Å². The third-order valence-corrected chi connectivity index (χ3v) is 4.32. The molecule has 0 saturated heterocycles. The minimum atomic E-state index is -1.10. The largest absolute Gasteiger partial charge is 0.491 e. The summed E-state index contributed by atoms with van der Waals surface area (Å²) in [6, 6.07) is 15.1. The molecule has 0 aromatic heterocycles. The Hall–Kier alpha value is -1.82. The number of aliphatic hydroxyl groups is 1. The maximum absolute atomic E-state index is 10.3. The van der Waals surface area contributed by atoms with E-state index in [2.05, 4.69) is 0 Å². The molecule has 0 fully saturated rings. The molecule has 2 rings (SSSR count). The molecule has 0 saturated carbocycles. The highest BCUT2D eigenvalue weighted by Gasteiger charge is 2.39. The maximum Gasteiger partial charge on any atom is 0.491 e. The van der Waals surface area contributed by atoms with Gasteiger partial charge in [-0.2, -0.15) is 0 Å². The van der Waals surface area contributed by atoms with Crippen molar-refractivity contribution in [3.05, 3.63) is 48.5 Å². The predicted octanol–water partition coefficient (Wildman–Crippen LogP) is 2.19. The summed E-state index contributed by atoms with van der Waals surface area (Å²) in [4.78, 5) is 0. The lowest BCUT2D eigenvalue weighted by atomic mass is 9.76. The van der Waals surface area contributed by atoms with Gasteiger partial charge >= 0.3 is 7.12 Å². The molecule has 0 spiro atoms. The summed E-state index contributed by atoms with van der Waals surface area (Å²) in [6.45, 7) is 6.81. The summed E-state index contributed by atoms with van der Waals surface area (Å²) in [5.74, 6) is 0. The standard InChI is InChI=1S/C18H24BNO3/c1-17(2,21)18(3,4)23-19(22)15-9-5-13(6-10-15)14-7-11-16(20)12-8-14/h5-12,21-22H,20H2,1-4H3. The summed E-state index contributed by atoms with van der Waals surface area (Å²) in [5.41, 5.74) is 7.18. The Morgan fingerprint density at radius 1 is 0.870 bits per heavy atom. The van der Waals surface area contributed by atoms with Crippen LogP contribution >= 0.6 is 0 Å². The summed E-state index contributed by atoms with van der Waals surface area (Å²) < 4.78 is 5.64. The molecular formula is C18H24BNO3. The highest BCUT2D eigenvalue weighted by atomic mass is 16.5. The fourth-order valence-electron chi connectivity index (χ4n) is 2.01. The number of benzene rings is 2. The number of hydrogen-bond acceptors (Lipinski definition) is 4. The van der Waals surface area contributed by atoms with Gasteiger partial charge in [-0.3, -0.25) is 0 Å². The van der Waals surface area contributed by atoms with Gasteiger partial charge in [-0.1, -0.05) is 36.4 Å². The van der Waals surface area contributed by atoms with Crippen LogP contribution in [0.25, 0.3) is 11.1 Å². The first-order chi connectivity index (χ1) is 10.6. The van der Waals surface area contributed by atoms with Gasteiger partial charge in [-0.15, -0.1) is 0 Å². The van der Waals surface area contributed by atoms with Crippen LogP contribution < -0.4 is 11.2 Å². The van der Waals surface area contributed by atoms with Crippen molar-refractivity contribution in [3.8, 4) is 11.1 Å². The van der Waals surface area contributed by atoms with Crippen LogP contribution in [0, 0.1) is 0 Å². The van der Waals surface area contributed by atoms with Crippen LogP contribution in [0.4, 0.5) is 5.69 Å². The Balaban J connectivity index is 2.14. The quantitative estimate of drug-likeness (QED) is 0.584. The van der Waals surface area contributed by atoms with Crippen LogP contribution in [-0.4, -0.2) is 28.5 Å². The normalized spacial score (nSPS) is 12.3. The molecular weight excluding hydrogens is 289 g/mol. The molecule has 5 heteroatoms. The SMILES string of the molecule is CC(C)(O)C(C)(C)OB(O)c1ccc(-c2ccc(N)cc2)cc1. The highest BCUT2D eigenvalue weighted by Crippen LogP contribution is 2.25. The first-order valence-electron chi connectivity index (χ1n) is 7.64. The van der Waals surface area contributed by atoms with E-state index < -0.39 is 18.3 Å². The van der Waals surface area contributed by atoms with Gasteiger partial charge in [-0.25, -0.2) is 0 Å². The first-order valence-corrected chi connectivity index (χ1v) is 7.64. The van der Waals surface area contributed by atoms with Gasteiger partial charge in [0.15, 0.2) is 0 Å². The van der Waals surface area contributed by atoms with Gasteiger partial charge in [0, 0.05) is 5.69 Å². The van der Waals surface area contributed by atoms with Crippen molar-refractivity contribution < 1.29 is 14.8 Å². The average Bonchev–Trinajstić information content (AvgIpc) is 2.46. The molecule has 0 radical (unpaired) electrons. The van der Waals surface area contributed by atoms with Gasteiger partial charge in [0.05, 0.1) is 11.2 Å². The Morgan fingerprint density at radius 2 is 1.30 bits per heavy atom. The minimum Gasteiger partial charge on any atom is -0.423 e. The second-order valence-corrected chi connectivity index (χ2v) is 6.78. The van der Waals surface area contributed by atoms with Gasteiger partial charge in [0.25, 0.3) is 0 Å².